The second-order valence-corrected chi connectivity index (χ2v) is 4.40. The van der Waals surface area contributed by atoms with Crippen LogP contribution in [0.15, 0.2) is 29.3 Å². The van der Waals surface area contributed by atoms with E-state index in [1.807, 2.05) is 0 Å². The lowest BCUT2D eigenvalue weighted by molar-refractivity contribution is -0.386. The molecule has 2 N–H and O–H groups in total. The lowest BCUT2D eigenvalue weighted by Gasteiger charge is -2.01. The molecule has 17 heavy (non-hydrogen) atoms. The Morgan fingerprint density at radius 1 is 1.59 bits per heavy atom. The van der Waals surface area contributed by atoms with E-state index in [1.54, 1.807) is 6.20 Å². The van der Waals surface area contributed by atoms with Gasteiger partial charge in [-0.3, -0.25) is 14.9 Å². The molecule has 7 nitrogen and oxygen atoms in total. The number of anilines is 1. The maximum Gasteiger partial charge on any atom is 0.334 e. The average Bonchev–Trinajstić information content (AvgIpc) is 2.67. The molecule has 0 bridgehead atoms. The van der Waals surface area contributed by atoms with E-state index in [-0.39, 0.29) is 6.54 Å². The molecular formula is C9H8N4O3S. The SMILES string of the molecule is Nc1ncc(Cn2cccc([N+](=O)[O-])c2=O)s1. The molecule has 2 heterocycles. The summed E-state index contributed by atoms with van der Waals surface area (Å²) in [5.74, 6) is 0. The second-order valence-electron chi connectivity index (χ2n) is 3.25. The highest BCUT2D eigenvalue weighted by molar-refractivity contribution is 7.15. The fourth-order valence-corrected chi connectivity index (χ4v) is 2.03. The molecule has 0 aliphatic carbocycles. The van der Waals surface area contributed by atoms with E-state index < -0.39 is 16.2 Å². The predicted molar refractivity (Wildman–Crippen MR) is 63.0 cm³/mol. The molecule has 0 atom stereocenters. The van der Waals surface area contributed by atoms with Gasteiger partial charge in [-0.05, 0) is 6.07 Å². The van der Waals surface area contributed by atoms with Crippen LogP contribution < -0.4 is 11.3 Å². The average molecular weight is 252 g/mol. The molecule has 0 aromatic carbocycles. The zero-order chi connectivity index (χ0) is 12.4. The van der Waals surface area contributed by atoms with Crippen molar-refractivity contribution in [2.45, 2.75) is 6.54 Å². The van der Waals surface area contributed by atoms with Gasteiger partial charge in [-0.1, -0.05) is 0 Å². The fourth-order valence-electron chi connectivity index (χ4n) is 1.35. The number of aromatic nitrogens is 2. The molecule has 0 fully saturated rings. The van der Waals surface area contributed by atoms with Gasteiger partial charge in [0, 0.05) is 23.3 Å². The Morgan fingerprint density at radius 2 is 2.35 bits per heavy atom. The zero-order valence-electron chi connectivity index (χ0n) is 8.57. The van der Waals surface area contributed by atoms with Crippen molar-refractivity contribution in [2.75, 3.05) is 5.73 Å². The molecule has 0 aliphatic rings. The number of nitro groups is 1. The van der Waals surface area contributed by atoms with Gasteiger partial charge in [0.2, 0.25) is 0 Å². The van der Waals surface area contributed by atoms with Crippen molar-refractivity contribution >= 4 is 22.2 Å². The Morgan fingerprint density at radius 3 is 2.94 bits per heavy atom. The number of rotatable bonds is 3. The summed E-state index contributed by atoms with van der Waals surface area (Å²) in [5.41, 5.74) is 4.39. The number of hydrogen-bond acceptors (Lipinski definition) is 6. The summed E-state index contributed by atoms with van der Waals surface area (Å²) in [6.45, 7) is 0.232. The van der Waals surface area contributed by atoms with Crippen LogP contribution in [-0.4, -0.2) is 14.5 Å². The number of nitrogen functional groups attached to an aromatic ring is 1. The Bertz CT molecular complexity index is 619. The maximum atomic E-state index is 11.7. The summed E-state index contributed by atoms with van der Waals surface area (Å²) in [6, 6.07) is 2.64. The van der Waals surface area contributed by atoms with Crippen LogP contribution in [0.2, 0.25) is 0 Å². The number of pyridine rings is 1. The summed E-state index contributed by atoms with van der Waals surface area (Å²) >= 11 is 1.24. The van der Waals surface area contributed by atoms with Crippen LogP contribution in [0.4, 0.5) is 10.8 Å². The molecule has 0 saturated carbocycles. The summed E-state index contributed by atoms with van der Waals surface area (Å²) < 4.78 is 1.26. The van der Waals surface area contributed by atoms with Crippen LogP contribution in [-0.2, 0) is 6.54 Å². The Kier molecular flexibility index (Phi) is 2.88. The third kappa shape index (κ3) is 2.31. The zero-order valence-corrected chi connectivity index (χ0v) is 9.38. The van der Waals surface area contributed by atoms with Gasteiger partial charge in [0.25, 0.3) is 0 Å². The van der Waals surface area contributed by atoms with Crippen molar-refractivity contribution in [2.24, 2.45) is 0 Å². The van der Waals surface area contributed by atoms with Crippen molar-refractivity contribution in [3.63, 3.8) is 0 Å². The molecule has 2 aromatic rings. The Hall–Kier alpha value is -2.22. The van der Waals surface area contributed by atoms with Crippen molar-refractivity contribution in [3.05, 3.63) is 49.9 Å². The second kappa shape index (κ2) is 4.34. The van der Waals surface area contributed by atoms with Gasteiger partial charge in [0.1, 0.15) is 0 Å². The minimum Gasteiger partial charge on any atom is -0.375 e. The van der Waals surface area contributed by atoms with Gasteiger partial charge in [-0.25, -0.2) is 4.98 Å². The maximum absolute atomic E-state index is 11.7. The smallest absolute Gasteiger partial charge is 0.334 e. The van der Waals surface area contributed by atoms with Crippen molar-refractivity contribution in [3.8, 4) is 0 Å². The van der Waals surface area contributed by atoms with Gasteiger partial charge in [0.15, 0.2) is 5.13 Å². The van der Waals surface area contributed by atoms with E-state index in [1.165, 1.54) is 34.2 Å². The molecule has 0 amide bonds. The van der Waals surface area contributed by atoms with E-state index >= 15 is 0 Å². The third-order valence-corrected chi connectivity index (χ3v) is 2.91. The highest BCUT2D eigenvalue weighted by atomic mass is 32.1. The first-order valence-electron chi connectivity index (χ1n) is 4.62. The molecule has 2 aromatic heterocycles. The van der Waals surface area contributed by atoms with Gasteiger partial charge >= 0.3 is 11.2 Å². The molecule has 2 rings (SSSR count). The predicted octanol–water partition coefficient (Wildman–Crippen LogP) is 0.844. The van der Waals surface area contributed by atoms with E-state index in [4.69, 9.17) is 5.73 Å². The Labute approximate surface area is 99.3 Å². The largest absolute Gasteiger partial charge is 0.375 e. The first-order chi connectivity index (χ1) is 8.08. The lowest BCUT2D eigenvalue weighted by Crippen LogP contribution is -2.21. The molecule has 0 unspecified atom stereocenters. The van der Waals surface area contributed by atoms with E-state index in [0.717, 1.165) is 4.88 Å². The minimum atomic E-state index is -0.695. The summed E-state index contributed by atoms with van der Waals surface area (Å²) in [5, 5.41) is 11.0. The van der Waals surface area contributed by atoms with Crippen LogP contribution in [0, 0.1) is 10.1 Å². The third-order valence-electron chi connectivity index (χ3n) is 2.09. The van der Waals surface area contributed by atoms with Gasteiger partial charge in [-0.2, -0.15) is 0 Å². The Balaban J connectivity index is 2.37. The monoisotopic (exact) mass is 252 g/mol. The van der Waals surface area contributed by atoms with E-state index in [2.05, 4.69) is 4.98 Å². The number of nitrogens with two attached hydrogens (primary N) is 1. The topological polar surface area (TPSA) is 104 Å². The molecule has 0 radical (unpaired) electrons. The van der Waals surface area contributed by atoms with Crippen molar-refractivity contribution in [1.29, 1.82) is 0 Å². The summed E-state index contributed by atoms with van der Waals surface area (Å²) in [6.07, 6.45) is 3.04. The van der Waals surface area contributed by atoms with E-state index in [9.17, 15) is 14.9 Å². The fraction of sp³-hybridized carbons (Fsp3) is 0.111. The molecular weight excluding hydrogens is 244 g/mol. The van der Waals surface area contributed by atoms with Crippen LogP contribution in [0.5, 0.6) is 0 Å². The van der Waals surface area contributed by atoms with E-state index in [0.29, 0.717) is 5.13 Å². The summed E-state index contributed by atoms with van der Waals surface area (Å²) in [7, 11) is 0. The molecule has 88 valence electrons. The van der Waals surface area contributed by atoms with Crippen LogP contribution in [0.1, 0.15) is 4.88 Å². The minimum absolute atomic E-state index is 0.232. The molecule has 8 heteroatoms. The number of hydrogen-bond donors (Lipinski definition) is 1. The molecule has 0 spiro atoms. The summed E-state index contributed by atoms with van der Waals surface area (Å²) in [4.78, 5) is 26.2. The van der Waals surface area contributed by atoms with Gasteiger partial charge < -0.3 is 10.3 Å². The lowest BCUT2D eigenvalue weighted by atomic mass is 10.4. The standard InChI is InChI=1S/C9H8N4O3S/c10-9-11-4-6(17-9)5-12-3-1-2-7(8(12)14)13(15)16/h1-4H,5H2,(H2,10,11). The van der Waals surface area contributed by atoms with Crippen LogP contribution >= 0.6 is 11.3 Å². The molecule has 0 aliphatic heterocycles. The highest BCUT2D eigenvalue weighted by Crippen LogP contribution is 2.15. The van der Waals surface area contributed by atoms with Gasteiger partial charge in [-0.15, -0.1) is 11.3 Å². The first kappa shape index (κ1) is 11.3. The normalized spacial score (nSPS) is 10.4. The quantitative estimate of drug-likeness (QED) is 0.644. The number of nitrogens with zero attached hydrogens (tertiary/aromatic N) is 3. The number of thiazole rings is 1. The highest BCUT2D eigenvalue weighted by Gasteiger charge is 2.13. The molecule has 0 saturated heterocycles. The van der Waals surface area contributed by atoms with Crippen LogP contribution in [0.3, 0.4) is 0 Å². The van der Waals surface area contributed by atoms with Crippen molar-refractivity contribution in [1.82, 2.24) is 9.55 Å². The van der Waals surface area contributed by atoms with Crippen LogP contribution in [0.25, 0.3) is 0 Å². The first-order valence-corrected chi connectivity index (χ1v) is 5.43. The van der Waals surface area contributed by atoms with Gasteiger partial charge in [0.05, 0.1) is 11.5 Å². The van der Waals surface area contributed by atoms with Crippen molar-refractivity contribution < 1.29 is 4.92 Å².